The maximum absolute atomic E-state index is 12.6. The number of amides is 1. The van der Waals surface area contributed by atoms with Gasteiger partial charge >= 0.3 is 5.97 Å². The average Bonchev–Trinajstić information content (AvgIpc) is 3.08. The molecule has 1 amide bonds. The minimum absolute atomic E-state index is 0.0732. The maximum Gasteiger partial charge on any atom is 0.337 e. The van der Waals surface area contributed by atoms with Crippen molar-refractivity contribution in [3.05, 3.63) is 65.4 Å². The van der Waals surface area contributed by atoms with Crippen molar-refractivity contribution in [2.24, 2.45) is 0 Å². The molecule has 2 aromatic rings. The number of aliphatic hydroxyl groups is 1. The van der Waals surface area contributed by atoms with Gasteiger partial charge in [-0.1, -0.05) is 30.3 Å². The molecular weight excluding hydrogens is 388 g/mol. The zero-order valence-corrected chi connectivity index (χ0v) is 16.9. The number of esters is 1. The van der Waals surface area contributed by atoms with E-state index in [0.29, 0.717) is 23.8 Å². The van der Waals surface area contributed by atoms with Gasteiger partial charge in [-0.25, -0.2) is 4.79 Å². The van der Waals surface area contributed by atoms with E-state index in [-0.39, 0.29) is 36.9 Å². The Hall–Kier alpha value is -3.52. The summed E-state index contributed by atoms with van der Waals surface area (Å²) in [5.41, 5.74) is 1.90. The third-order valence-electron chi connectivity index (χ3n) is 4.62. The Morgan fingerprint density at radius 2 is 1.90 bits per heavy atom. The highest BCUT2D eigenvalue weighted by Gasteiger charge is 2.34. The van der Waals surface area contributed by atoms with Crippen LogP contribution in [0.1, 0.15) is 5.56 Å². The monoisotopic (exact) mass is 412 g/mol. The summed E-state index contributed by atoms with van der Waals surface area (Å²) in [5.74, 6) is 0.0522. The van der Waals surface area contributed by atoms with E-state index in [2.05, 4.69) is 5.32 Å². The zero-order valence-electron chi connectivity index (χ0n) is 16.9. The predicted octanol–water partition coefficient (Wildman–Crippen LogP) is 1.95. The Labute approximate surface area is 174 Å². The van der Waals surface area contributed by atoms with Gasteiger partial charge in [0.25, 0.3) is 5.91 Å². The highest BCUT2D eigenvalue weighted by molar-refractivity contribution is 6.08. The number of carbonyl (C=O) groups is 2. The fourth-order valence-electron chi connectivity index (χ4n) is 3.09. The smallest absolute Gasteiger partial charge is 0.337 e. The molecule has 0 spiro atoms. The van der Waals surface area contributed by atoms with Crippen molar-refractivity contribution >= 4 is 17.6 Å². The molecule has 158 valence electrons. The van der Waals surface area contributed by atoms with Crippen LogP contribution >= 0.6 is 0 Å². The van der Waals surface area contributed by atoms with E-state index < -0.39 is 5.97 Å². The number of nitrogens with one attached hydrogen (secondary N) is 1. The molecule has 0 atom stereocenters. The molecule has 1 aliphatic heterocycles. The van der Waals surface area contributed by atoms with E-state index in [1.807, 2.05) is 30.3 Å². The number of ether oxygens (including phenoxy) is 3. The van der Waals surface area contributed by atoms with Gasteiger partial charge in [0.2, 0.25) is 0 Å². The molecule has 0 fully saturated rings. The van der Waals surface area contributed by atoms with Crippen LogP contribution in [0, 0.1) is 0 Å². The van der Waals surface area contributed by atoms with E-state index in [0.717, 1.165) is 5.56 Å². The molecule has 2 N–H and O–H groups in total. The third kappa shape index (κ3) is 4.72. The van der Waals surface area contributed by atoms with Crippen LogP contribution in [0.3, 0.4) is 0 Å². The van der Waals surface area contributed by atoms with Crippen molar-refractivity contribution in [1.29, 1.82) is 0 Å². The quantitative estimate of drug-likeness (QED) is 0.608. The van der Waals surface area contributed by atoms with Crippen LogP contribution in [0.2, 0.25) is 0 Å². The van der Waals surface area contributed by atoms with E-state index in [9.17, 15) is 9.59 Å². The lowest BCUT2D eigenvalue weighted by Crippen LogP contribution is -2.31. The van der Waals surface area contributed by atoms with Crippen molar-refractivity contribution in [1.82, 2.24) is 4.90 Å². The number of methoxy groups -OCH3 is 2. The van der Waals surface area contributed by atoms with Gasteiger partial charge < -0.3 is 29.5 Å². The molecule has 0 saturated heterocycles. The first-order chi connectivity index (χ1) is 14.6. The van der Waals surface area contributed by atoms with Crippen molar-refractivity contribution in [2.75, 3.05) is 39.2 Å². The number of hydrogen-bond acceptors (Lipinski definition) is 7. The highest BCUT2D eigenvalue weighted by Crippen LogP contribution is 2.32. The van der Waals surface area contributed by atoms with Crippen molar-refractivity contribution in [3.8, 4) is 11.5 Å². The molecule has 0 aromatic heterocycles. The van der Waals surface area contributed by atoms with Crippen LogP contribution in [0.4, 0.5) is 5.69 Å². The molecule has 0 radical (unpaired) electrons. The number of benzene rings is 2. The second-order valence-corrected chi connectivity index (χ2v) is 6.56. The first-order valence-electron chi connectivity index (χ1n) is 9.40. The molecule has 2 aromatic carbocycles. The lowest BCUT2D eigenvalue weighted by molar-refractivity contribution is -0.136. The lowest BCUT2D eigenvalue weighted by atomic mass is 10.2. The van der Waals surface area contributed by atoms with Crippen LogP contribution in [-0.4, -0.2) is 55.8 Å². The van der Waals surface area contributed by atoms with E-state index in [4.69, 9.17) is 19.3 Å². The number of rotatable bonds is 9. The van der Waals surface area contributed by atoms with Crippen LogP contribution in [0.25, 0.3) is 0 Å². The Morgan fingerprint density at radius 1 is 1.13 bits per heavy atom. The molecule has 0 aliphatic carbocycles. The second kappa shape index (κ2) is 9.80. The number of carbonyl (C=O) groups excluding carboxylic acids is 2. The number of nitrogens with zero attached hydrogens (tertiary/aromatic N) is 1. The minimum atomic E-state index is -0.596. The summed E-state index contributed by atoms with van der Waals surface area (Å²) < 4.78 is 16.1. The number of anilines is 1. The molecule has 8 nitrogen and oxygen atoms in total. The highest BCUT2D eigenvalue weighted by atomic mass is 16.5. The van der Waals surface area contributed by atoms with Crippen molar-refractivity contribution in [2.45, 2.75) is 6.61 Å². The molecule has 1 heterocycles. The van der Waals surface area contributed by atoms with Crippen molar-refractivity contribution in [3.63, 3.8) is 0 Å². The topological polar surface area (TPSA) is 97.3 Å². The van der Waals surface area contributed by atoms with Gasteiger partial charge in [-0.05, 0) is 17.7 Å². The molecule has 3 rings (SSSR count). The molecule has 0 bridgehead atoms. The molecule has 0 saturated carbocycles. The Morgan fingerprint density at radius 3 is 2.57 bits per heavy atom. The molecule has 0 unspecified atom stereocenters. The fraction of sp³-hybridized carbons (Fsp3) is 0.273. The van der Waals surface area contributed by atoms with Crippen LogP contribution < -0.4 is 14.8 Å². The van der Waals surface area contributed by atoms with E-state index >= 15 is 0 Å². The maximum atomic E-state index is 12.6. The van der Waals surface area contributed by atoms with Gasteiger partial charge in [-0.15, -0.1) is 0 Å². The summed E-state index contributed by atoms with van der Waals surface area (Å²) in [6.45, 7) is 0.384. The van der Waals surface area contributed by atoms with Gasteiger partial charge in [-0.3, -0.25) is 4.79 Å². The van der Waals surface area contributed by atoms with Crippen LogP contribution in [0.15, 0.2) is 59.8 Å². The summed E-state index contributed by atoms with van der Waals surface area (Å²) in [7, 11) is 2.78. The average molecular weight is 412 g/mol. The van der Waals surface area contributed by atoms with Gasteiger partial charge in [-0.2, -0.15) is 0 Å². The van der Waals surface area contributed by atoms with Gasteiger partial charge in [0.15, 0.2) is 11.5 Å². The lowest BCUT2D eigenvalue weighted by Gasteiger charge is -2.16. The fourth-order valence-corrected chi connectivity index (χ4v) is 3.09. The van der Waals surface area contributed by atoms with E-state index in [1.54, 1.807) is 18.2 Å². The molecule has 30 heavy (non-hydrogen) atoms. The SMILES string of the molecule is COC(=O)C1=C(Nc2ccc(OCc3ccccc3)c(OC)c2)C(=O)N(CCO)C1. The summed E-state index contributed by atoms with van der Waals surface area (Å²) in [6.07, 6.45) is 0. The first kappa shape index (κ1) is 21.2. The predicted molar refractivity (Wildman–Crippen MR) is 110 cm³/mol. The second-order valence-electron chi connectivity index (χ2n) is 6.56. The zero-order chi connectivity index (χ0) is 21.5. The minimum Gasteiger partial charge on any atom is -0.493 e. The Bertz CT molecular complexity index is 942. The number of β-amino-alcohol motifs (C(OH)–C–C–N with tert-alkyl or cyclic N) is 1. The van der Waals surface area contributed by atoms with Gasteiger partial charge in [0.05, 0.1) is 32.9 Å². The molecule has 1 aliphatic rings. The number of hydrogen-bond donors (Lipinski definition) is 2. The third-order valence-corrected chi connectivity index (χ3v) is 4.62. The van der Waals surface area contributed by atoms with Gasteiger partial charge in [0, 0.05) is 18.3 Å². The normalized spacial score (nSPS) is 13.4. The largest absolute Gasteiger partial charge is 0.493 e. The summed E-state index contributed by atoms with van der Waals surface area (Å²) in [4.78, 5) is 26.1. The summed E-state index contributed by atoms with van der Waals surface area (Å²) in [5, 5.41) is 12.1. The van der Waals surface area contributed by atoms with E-state index in [1.165, 1.54) is 19.1 Å². The summed E-state index contributed by atoms with van der Waals surface area (Å²) >= 11 is 0. The molecular formula is C22H24N2O6. The standard InChI is InChI=1S/C22H24N2O6/c1-28-19-12-16(8-9-18(19)30-14-15-6-4-3-5-7-15)23-20-17(22(27)29-2)13-24(10-11-25)21(20)26/h3-9,12,23,25H,10-11,13-14H2,1-2H3. The van der Waals surface area contributed by atoms with Gasteiger partial charge in [0.1, 0.15) is 12.3 Å². The molecule has 8 heteroatoms. The first-order valence-corrected chi connectivity index (χ1v) is 9.40. The summed E-state index contributed by atoms with van der Waals surface area (Å²) in [6, 6.07) is 14.9. The van der Waals surface area contributed by atoms with Crippen LogP contribution in [0.5, 0.6) is 11.5 Å². The Kier molecular flexibility index (Phi) is 6.92. The Balaban J connectivity index is 1.79. The van der Waals surface area contributed by atoms with Crippen molar-refractivity contribution < 1.29 is 28.9 Å². The number of aliphatic hydroxyl groups excluding tert-OH is 1. The van der Waals surface area contributed by atoms with Crippen LogP contribution in [-0.2, 0) is 20.9 Å².